The van der Waals surface area contributed by atoms with Crippen molar-refractivity contribution in [2.75, 3.05) is 4.90 Å². The van der Waals surface area contributed by atoms with Crippen molar-refractivity contribution in [2.24, 2.45) is 11.8 Å². The molecule has 0 bridgehead atoms. The third-order valence-electron chi connectivity index (χ3n) is 7.05. The summed E-state index contributed by atoms with van der Waals surface area (Å²) in [5, 5.41) is 0. The molecule has 0 N–H and O–H groups in total. The lowest BCUT2D eigenvalue weighted by Crippen LogP contribution is -2.51. The first kappa shape index (κ1) is 21.4. The van der Waals surface area contributed by atoms with Crippen LogP contribution in [0.4, 0.5) is 5.69 Å². The number of fused-ring (bicyclic) bond motifs is 3. The van der Waals surface area contributed by atoms with Gasteiger partial charge in [0.1, 0.15) is 0 Å². The van der Waals surface area contributed by atoms with Crippen molar-refractivity contribution in [1.82, 2.24) is 0 Å². The van der Waals surface area contributed by atoms with E-state index < -0.39 is 46.9 Å². The molecule has 3 aromatic rings. The van der Waals surface area contributed by atoms with E-state index in [1.165, 1.54) is 0 Å². The Morgan fingerprint density at radius 2 is 1.44 bits per heavy atom. The van der Waals surface area contributed by atoms with Gasteiger partial charge < -0.3 is 4.74 Å². The maximum atomic E-state index is 13.9. The summed E-state index contributed by atoms with van der Waals surface area (Å²) in [6, 6.07) is 20.9. The van der Waals surface area contributed by atoms with Crippen LogP contribution in [-0.2, 0) is 14.3 Å². The number of hydrogen-bond acceptors (Lipinski definition) is 5. The topological polar surface area (TPSA) is 80.8 Å². The Morgan fingerprint density at radius 3 is 2.06 bits per heavy atom. The fourth-order valence-corrected chi connectivity index (χ4v) is 6.21. The van der Waals surface area contributed by atoms with Crippen LogP contribution >= 0.6 is 22.6 Å². The Labute approximate surface area is 209 Å². The summed E-state index contributed by atoms with van der Waals surface area (Å²) >= 11 is 2.17. The Bertz CT molecular complexity index is 1380. The lowest BCUT2D eigenvalue weighted by molar-refractivity contribution is -0.127. The summed E-state index contributed by atoms with van der Waals surface area (Å²) in [5.41, 5.74) is 0.267. The molecular weight excluding hydrogens is 545 g/mol. The number of aryl methyl sites for hydroxylation is 1. The van der Waals surface area contributed by atoms with E-state index in [-0.39, 0.29) is 11.1 Å². The maximum absolute atomic E-state index is 13.9. The van der Waals surface area contributed by atoms with E-state index in [4.69, 9.17) is 4.74 Å². The van der Waals surface area contributed by atoms with Gasteiger partial charge in [-0.3, -0.25) is 19.2 Å². The SMILES string of the molecule is Cc1cc(I)ccc1N1C(=O)[C@@H]2[C@@H](c3ccccc3)OC3(C(=O)c4ccccc4C3=O)[C@@H]2C1=O. The number of rotatable bonds is 2. The second-order valence-electron chi connectivity index (χ2n) is 8.83. The molecule has 1 aliphatic carbocycles. The molecule has 1 spiro atoms. The van der Waals surface area contributed by atoms with Gasteiger partial charge in [0, 0.05) is 14.7 Å². The van der Waals surface area contributed by atoms with E-state index in [9.17, 15) is 19.2 Å². The Balaban J connectivity index is 1.56. The molecule has 3 aromatic carbocycles. The molecule has 168 valence electrons. The molecule has 2 fully saturated rings. The van der Waals surface area contributed by atoms with Crippen LogP contribution in [0.5, 0.6) is 0 Å². The quantitative estimate of drug-likeness (QED) is 0.264. The highest BCUT2D eigenvalue weighted by Gasteiger charge is 2.74. The molecule has 0 saturated carbocycles. The summed E-state index contributed by atoms with van der Waals surface area (Å²) < 4.78 is 7.24. The van der Waals surface area contributed by atoms with Gasteiger partial charge in [-0.25, -0.2) is 4.90 Å². The molecule has 2 amide bonds. The molecular formula is C27H18INO5. The number of hydrogen-bond donors (Lipinski definition) is 0. The Morgan fingerprint density at radius 1 is 0.824 bits per heavy atom. The number of imide groups is 1. The number of nitrogens with zero attached hydrogens (tertiary/aromatic N) is 1. The summed E-state index contributed by atoms with van der Waals surface area (Å²) in [5.74, 6) is -4.37. The molecule has 6 rings (SSSR count). The van der Waals surface area contributed by atoms with Crippen LogP contribution < -0.4 is 4.90 Å². The van der Waals surface area contributed by atoms with Crippen LogP contribution in [0.1, 0.15) is 37.9 Å². The minimum atomic E-state index is -2.05. The predicted octanol–water partition coefficient (Wildman–Crippen LogP) is 4.29. The smallest absolute Gasteiger partial charge is 0.241 e. The minimum absolute atomic E-state index is 0.226. The van der Waals surface area contributed by atoms with Crippen LogP contribution in [0.15, 0.2) is 72.8 Å². The summed E-state index contributed by atoms with van der Waals surface area (Å²) in [7, 11) is 0. The number of halogens is 1. The zero-order chi connectivity index (χ0) is 23.8. The van der Waals surface area contributed by atoms with Crippen molar-refractivity contribution in [2.45, 2.75) is 18.6 Å². The number of Topliss-reactive ketones (excluding diaryl/α,β-unsaturated/α-hetero) is 2. The fraction of sp³-hybridized carbons (Fsp3) is 0.185. The lowest BCUT2D eigenvalue weighted by atomic mass is 9.77. The standard InChI is InChI=1S/C27H18INO5/c1-14-13-16(28)11-12-19(14)29-25(32)20-21(26(29)33)27(34-22(20)15-7-3-2-4-8-15)23(30)17-9-5-6-10-18(17)24(27)31/h2-13,20-22H,1H3/t20-,21-,22+/m0/s1. The number of carbonyl (C=O) groups is 4. The lowest BCUT2D eigenvalue weighted by Gasteiger charge is -2.27. The van der Waals surface area contributed by atoms with Gasteiger partial charge in [-0.1, -0.05) is 54.6 Å². The minimum Gasteiger partial charge on any atom is -0.349 e. The number of ketones is 2. The number of amides is 2. The molecule has 6 nitrogen and oxygen atoms in total. The fourth-order valence-electron chi connectivity index (χ4n) is 5.57. The molecule has 0 aromatic heterocycles. The van der Waals surface area contributed by atoms with Crippen molar-refractivity contribution >= 4 is 51.7 Å². The summed E-state index contributed by atoms with van der Waals surface area (Å²) in [6.07, 6.45) is -0.904. The van der Waals surface area contributed by atoms with Gasteiger partial charge >= 0.3 is 0 Å². The molecule has 3 atom stereocenters. The van der Waals surface area contributed by atoms with E-state index >= 15 is 0 Å². The molecule has 0 radical (unpaired) electrons. The zero-order valence-electron chi connectivity index (χ0n) is 18.0. The monoisotopic (exact) mass is 563 g/mol. The first-order chi connectivity index (χ1) is 16.4. The average molecular weight is 563 g/mol. The number of anilines is 1. The van der Waals surface area contributed by atoms with Gasteiger partial charge in [-0.2, -0.15) is 0 Å². The van der Waals surface area contributed by atoms with E-state index in [1.54, 1.807) is 54.6 Å². The number of ether oxygens (including phenoxy) is 1. The largest absolute Gasteiger partial charge is 0.349 e. The first-order valence-electron chi connectivity index (χ1n) is 10.9. The van der Waals surface area contributed by atoms with E-state index in [1.807, 2.05) is 25.1 Å². The van der Waals surface area contributed by atoms with Crippen molar-refractivity contribution < 1.29 is 23.9 Å². The van der Waals surface area contributed by atoms with Gasteiger partial charge in [0.15, 0.2) is 0 Å². The van der Waals surface area contributed by atoms with Crippen LogP contribution in [0.2, 0.25) is 0 Å². The van der Waals surface area contributed by atoms with Crippen LogP contribution in [-0.4, -0.2) is 29.0 Å². The number of carbonyl (C=O) groups excluding carboxylic acids is 4. The molecule has 2 saturated heterocycles. The van der Waals surface area contributed by atoms with Crippen LogP contribution in [0.25, 0.3) is 0 Å². The van der Waals surface area contributed by atoms with Gasteiger partial charge in [0.05, 0.1) is 23.6 Å². The van der Waals surface area contributed by atoms with E-state index in [0.29, 0.717) is 11.3 Å². The zero-order valence-corrected chi connectivity index (χ0v) is 20.2. The molecule has 0 unspecified atom stereocenters. The van der Waals surface area contributed by atoms with Crippen LogP contribution in [0.3, 0.4) is 0 Å². The highest BCUT2D eigenvalue weighted by Crippen LogP contribution is 2.57. The highest BCUT2D eigenvalue weighted by atomic mass is 127. The van der Waals surface area contributed by atoms with Crippen molar-refractivity contribution in [3.8, 4) is 0 Å². The normalized spacial score (nSPS) is 24.8. The first-order valence-corrected chi connectivity index (χ1v) is 12.0. The third-order valence-corrected chi connectivity index (χ3v) is 7.72. The second kappa shape index (κ2) is 7.41. The van der Waals surface area contributed by atoms with Gasteiger partial charge in [0.2, 0.25) is 29.0 Å². The van der Waals surface area contributed by atoms with E-state index in [2.05, 4.69) is 22.6 Å². The third kappa shape index (κ3) is 2.65. The molecule has 34 heavy (non-hydrogen) atoms. The van der Waals surface area contributed by atoms with Crippen molar-refractivity contribution in [1.29, 1.82) is 0 Å². The Kier molecular flexibility index (Phi) is 4.66. The average Bonchev–Trinajstić information content (AvgIpc) is 3.40. The molecule has 2 heterocycles. The molecule has 3 aliphatic rings. The van der Waals surface area contributed by atoms with E-state index in [0.717, 1.165) is 14.0 Å². The maximum Gasteiger partial charge on any atom is 0.241 e. The highest BCUT2D eigenvalue weighted by molar-refractivity contribution is 14.1. The van der Waals surface area contributed by atoms with Gasteiger partial charge in [-0.15, -0.1) is 0 Å². The van der Waals surface area contributed by atoms with Crippen LogP contribution in [0, 0.1) is 22.3 Å². The van der Waals surface area contributed by atoms with Gasteiger partial charge in [0.25, 0.3) is 0 Å². The second-order valence-corrected chi connectivity index (χ2v) is 10.1. The Hall–Kier alpha value is -3.17. The van der Waals surface area contributed by atoms with Crippen molar-refractivity contribution in [3.05, 3.63) is 98.6 Å². The molecule has 2 aliphatic heterocycles. The van der Waals surface area contributed by atoms with Crippen molar-refractivity contribution in [3.63, 3.8) is 0 Å². The predicted molar refractivity (Wildman–Crippen MR) is 131 cm³/mol. The number of benzene rings is 3. The summed E-state index contributed by atoms with van der Waals surface area (Å²) in [4.78, 5) is 56.4. The van der Waals surface area contributed by atoms with Gasteiger partial charge in [-0.05, 0) is 58.8 Å². The molecule has 7 heteroatoms. The summed E-state index contributed by atoms with van der Waals surface area (Å²) in [6.45, 7) is 1.83.